The number of rotatable bonds is 5. The maximum Gasteiger partial charge on any atom is 0.230 e. The first-order chi connectivity index (χ1) is 12.8. The van der Waals surface area contributed by atoms with Gasteiger partial charge in [-0.1, -0.05) is 48.5 Å². The average Bonchev–Trinajstić information content (AvgIpc) is 3.13. The molecule has 0 aliphatic carbocycles. The first-order valence-electron chi connectivity index (χ1n) is 9.97. The number of fused-ring (bicyclic) bond motifs is 1. The lowest BCUT2D eigenvalue weighted by Gasteiger charge is -2.33. The Morgan fingerprint density at radius 2 is 1.65 bits per heavy atom. The molecule has 0 N–H and O–H groups in total. The van der Waals surface area contributed by atoms with Crippen LogP contribution in [0, 0.1) is 5.92 Å². The molecule has 2 heterocycles. The fourth-order valence-electron chi connectivity index (χ4n) is 4.34. The van der Waals surface area contributed by atoms with Gasteiger partial charge in [-0.25, -0.2) is 0 Å². The van der Waals surface area contributed by atoms with Crippen LogP contribution in [-0.4, -0.2) is 37.0 Å². The van der Waals surface area contributed by atoms with Gasteiger partial charge in [0.15, 0.2) is 0 Å². The molecule has 136 valence electrons. The summed E-state index contributed by atoms with van der Waals surface area (Å²) in [6, 6.07) is 19.1. The van der Waals surface area contributed by atoms with E-state index >= 15 is 0 Å². The number of likely N-dealkylation sites (tertiary alicyclic amines) is 1. The standard InChI is InChI=1S/C23H28N2O/c26-23(25-18-14-20-10-4-5-11-22(20)25)21-12-16-24(17-13-21)15-6-9-19-7-2-1-3-8-19/h1-5,7-8,10-11,21H,6,9,12-18H2. The molecule has 0 unspecified atom stereocenters. The van der Waals surface area contributed by atoms with Crippen molar-refractivity contribution in [1.82, 2.24) is 4.90 Å². The molecule has 2 aliphatic rings. The zero-order valence-corrected chi connectivity index (χ0v) is 15.4. The molecule has 26 heavy (non-hydrogen) atoms. The highest BCUT2D eigenvalue weighted by atomic mass is 16.2. The minimum atomic E-state index is 0.200. The number of benzene rings is 2. The van der Waals surface area contributed by atoms with Crippen LogP contribution in [0.15, 0.2) is 54.6 Å². The summed E-state index contributed by atoms with van der Waals surface area (Å²) in [4.78, 5) is 17.5. The van der Waals surface area contributed by atoms with Crippen molar-refractivity contribution in [2.45, 2.75) is 32.1 Å². The van der Waals surface area contributed by atoms with Crippen LogP contribution in [0.5, 0.6) is 0 Å². The van der Waals surface area contributed by atoms with E-state index in [0.29, 0.717) is 5.91 Å². The monoisotopic (exact) mass is 348 g/mol. The third-order valence-electron chi connectivity index (χ3n) is 5.87. The van der Waals surface area contributed by atoms with Gasteiger partial charge < -0.3 is 9.80 Å². The second-order valence-electron chi connectivity index (χ2n) is 7.57. The maximum absolute atomic E-state index is 13.0. The van der Waals surface area contributed by atoms with Gasteiger partial charge in [0.25, 0.3) is 0 Å². The zero-order valence-electron chi connectivity index (χ0n) is 15.4. The van der Waals surface area contributed by atoms with Gasteiger partial charge in [0.2, 0.25) is 5.91 Å². The number of aryl methyl sites for hydroxylation is 1. The molecule has 0 spiro atoms. The van der Waals surface area contributed by atoms with E-state index in [4.69, 9.17) is 0 Å². The minimum Gasteiger partial charge on any atom is -0.312 e. The number of para-hydroxylation sites is 1. The Balaban J connectivity index is 1.24. The average molecular weight is 348 g/mol. The summed E-state index contributed by atoms with van der Waals surface area (Å²) in [7, 11) is 0. The highest BCUT2D eigenvalue weighted by molar-refractivity contribution is 5.97. The van der Waals surface area contributed by atoms with Gasteiger partial charge in [0.1, 0.15) is 0 Å². The number of nitrogens with zero attached hydrogens (tertiary/aromatic N) is 2. The summed E-state index contributed by atoms with van der Waals surface area (Å²) >= 11 is 0. The number of hydrogen-bond donors (Lipinski definition) is 0. The van der Waals surface area contributed by atoms with E-state index in [1.807, 2.05) is 11.0 Å². The van der Waals surface area contributed by atoms with Crippen molar-refractivity contribution in [2.75, 3.05) is 31.1 Å². The van der Waals surface area contributed by atoms with E-state index in [9.17, 15) is 4.79 Å². The quantitative estimate of drug-likeness (QED) is 0.818. The Morgan fingerprint density at radius 1 is 0.923 bits per heavy atom. The molecule has 3 nitrogen and oxygen atoms in total. The SMILES string of the molecule is O=C(C1CCN(CCCc2ccccc2)CC1)N1CCc2ccccc21. The normalized spacial score (nSPS) is 18.1. The molecule has 0 radical (unpaired) electrons. The fraction of sp³-hybridized carbons (Fsp3) is 0.435. The molecule has 2 aromatic rings. The lowest BCUT2D eigenvalue weighted by atomic mass is 9.95. The molecule has 1 amide bonds. The Bertz CT molecular complexity index is 735. The predicted molar refractivity (Wildman–Crippen MR) is 106 cm³/mol. The van der Waals surface area contributed by atoms with E-state index in [-0.39, 0.29) is 5.92 Å². The van der Waals surface area contributed by atoms with Gasteiger partial charge in [-0.05, 0) is 68.9 Å². The van der Waals surface area contributed by atoms with Gasteiger partial charge in [-0.15, -0.1) is 0 Å². The van der Waals surface area contributed by atoms with E-state index in [1.54, 1.807) is 0 Å². The van der Waals surface area contributed by atoms with Crippen LogP contribution in [0.1, 0.15) is 30.4 Å². The summed E-state index contributed by atoms with van der Waals surface area (Å²) in [5, 5.41) is 0. The predicted octanol–water partition coefficient (Wildman–Crippen LogP) is 3.92. The van der Waals surface area contributed by atoms with Gasteiger partial charge >= 0.3 is 0 Å². The molecule has 0 saturated carbocycles. The molecule has 1 saturated heterocycles. The molecule has 2 aliphatic heterocycles. The molecule has 4 rings (SSSR count). The summed E-state index contributed by atoms with van der Waals surface area (Å²) in [6.45, 7) is 4.11. The Morgan fingerprint density at radius 3 is 2.46 bits per heavy atom. The number of amides is 1. The lowest BCUT2D eigenvalue weighted by Crippen LogP contribution is -2.42. The number of piperidine rings is 1. The third kappa shape index (κ3) is 3.83. The molecular formula is C23H28N2O. The fourth-order valence-corrected chi connectivity index (χ4v) is 4.34. The second-order valence-corrected chi connectivity index (χ2v) is 7.57. The number of anilines is 1. The molecule has 1 fully saturated rings. The van der Waals surface area contributed by atoms with Gasteiger partial charge in [-0.2, -0.15) is 0 Å². The highest BCUT2D eigenvalue weighted by Gasteiger charge is 2.32. The van der Waals surface area contributed by atoms with E-state index < -0.39 is 0 Å². The van der Waals surface area contributed by atoms with Crippen LogP contribution in [0.25, 0.3) is 0 Å². The molecule has 3 heteroatoms. The minimum absolute atomic E-state index is 0.200. The summed E-state index contributed by atoms with van der Waals surface area (Å²) in [5.41, 5.74) is 3.88. The number of carbonyl (C=O) groups is 1. The maximum atomic E-state index is 13.0. The van der Waals surface area contributed by atoms with Gasteiger partial charge in [-0.3, -0.25) is 4.79 Å². The largest absolute Gasteiger partial charge is 0.312 e. The molecule has 0 bridgehead atoms. The molecule has 0 aromatic heterocycles. The lowest BCUT2D eigenvalue weighted by molar-refractivity contribution is -0.123. The van der Waals surface area contributed by atoms with Crippen molar-refractivity contribution < 1.29 is 4.79 Å². The molecule has 0 atom stereocenters. The summed E-state index contributed by atoms with van der Waals surface area (Å²) < 4.78 is 0. The van der Waals surface area contributed by atoms with Crippen LogP contribution in [0.3, 0.4) is 0 Å². The highest BCUT2D eigenvalue weighted by Crippen LogP contribution is 2.31. The first kappa shape index (κ1) is 17.3. The number of carbonyl (C=O) groups excluding carboxylic acids is 1. The number of hydrogen-bond acceptors (Lipinski definition) is 2. The topological polar surface area (TPSA) is 23.6 Å². The zero-order chi connectivity index (χ0) is 17.8. The van der Waals surface area contributed by atoms with Gasteiger partial charge in [0.05, 0.1) is 0 Å². The Kier molecular flexibility index (Phi) is 5.35. The van der Waals surface area contributed by atoms with Crippen LogP contribution in [0.4, 0.5) is 5.69 Å². The molecular weight excluding hydrogens is 320 g/mol. The van der Waals surface area contributed by atoms with Crippen LogP contribution in [-0.2, 0) is 17.6 Å². The van der Waals surface area contributed by atoms with E-state index in [1.165, 1.54) is 17.5 Å². The smallest absolute Gasteiger partial charge is 0.230 e. The van der Waals surface area contributed by atoms with Crippen molar-refractivity contribution in [1.29, 1.82) is 0 Å². The Hall–Kier alpha value is -2.13. The van der Waals surface area contributed by atoms with Crippen LogP contribution < -0.4 is 4.90 Å². The van der Waals surface area contributed by atoms with Crippen molar-refractivity contribution in [3.05, 3.63) is 65.7 Å². The van der Waals surface area contributed by atoms with E-state index in [2.05, 4.69) is 53.4 Å². The van der Waals surface area contributed by atoms with E-state index in [0.717, 1.165) is 57.5 Å². The summed E-state index contributed by atoms with van der Waals surface area (Å²) in [5.74, 6) is 0.547. The van der Waals surface area contributed by atoms with Crippen LogP contribution in [0.2, 0.25) is 0 Å². The Labute approximate surface area is 156 Å². The van der Waals surface area contributed by atoms with Gasteiger partial charge in [0, 0.05) is 18.2 Å². The van der Waals surface area contributed by atoms with Crippen molar-refractivity contribution in [2.24, 2.45) is 5.92 Å². The second kappa shape index (κ2) is 8.05. The first-order valence-corrected chi connectivity index (χ1v) is 9.97. The third-order valence-corrected chi connectivity index (χ3v) is 5.87. The summed E-state index contributed by atoms with van der Waals surface area (Å²) in [6.07, 6.45) is 5.35. The van der Waals surface area contributed by atoms with Crippen LogP contribution >= 0.6 is 0 Å². The van der Waals surface area contributed by atoms with Crippen molar-refractivity contribution in [3.8, 4) is 0 Å². The van der Waals surface area contributed by atoms with Crippen molar-refractivity contribution >= 4 is 11.6 Å². The van der Waals surface area contributed by atoms with Crippen molar-refractivity contribution in [3.63, 3.8) is 0 Å². The molecule has 2 aromatic carbocycles.